The van der Waals surface area contributed by atoms with Crippen LogP contribution in [0.4, 0.5) is 19.3 Å². The van der Waals surface area contributed by atoms with E-state index >= 15 is 8.78 Å². The van der Waals surface area contributed by atoms with Crippen molar-refractivity contribution < 1.29 is 62.6 Å². The fourth-order valence-electron chi connectivity index (χ4n) is 7.66. The number of piperidine rings is 1. The molecule has 16 heteroatoms. The van der Waals surface area contributed by atoms with Crippen molar-refractivity contribution in [2.75, 3.05) is 38.2 Å². The average Bonchev–Trinajstić information content (AvgIpc) is 3.73. The summed E-state index contributed by atoms with van der Waals surface area (Å²) in [4.78, 5) is 39.2. The number of urea groups is 1. The molecule has 2 aliphatic heterocycles. The largest absolute Gasteiger partial charge is 1.00 e. The molecular weight excluding hydrogens is 670 g/mol. The Morgan fingerprint density at radius 1 is 1.10 bits per heavy atom. The first kappa shape index (κ1) is 38.3. The van der Waals surface area contributed by atoms with Crippen LogP contribution in [0.3, 0.4) is 0 Å². The first-order valence-electron chi connectivity index (χ1n) is 16.7. The van der Waals surface area contributed by atoms with Crippen molar-refractivity contribution in [3.8, 4) is 11.7 Å². The van der Waals surface area contributed by atoms with Gasteiger partial charge in [0.2, 0.25) is 5.91 Å². The van der Waals surface area contributed by atoms with Crippen molar-refractivity contribution in [1.29, 1.82) is 5.26 Å². The summed E-state index contributed by atoms with van der Waals surface area (Å²) in [6.45, 7) is 1.23. The van der Waals surface area contributed by atoms with Gasteiger partial charge in [-0.15, -0.1) is 0 Å². The monoisotopic (exact) mass is 708 g/mol. The van der Waals surface area contributed by atoms with E-state index in [2.05, 4.69) is 22.8 Å². The number of likely N-dealkylation sites (tertiary alicyclic amines) is 1. The van der Waals surface area contributed by atoms with Crippen molar-refractivity contribution in [2.45, 2.75) is 63.0 Å². The number of carbonyl (C=O) groups is 3. The second kappa shape index (κ2) is 16.1. The number of benzene rings is 2. The maximum atomic E-state index is 15.7. The van der Waals surface area contributed by atoms with Gasteiger partial charge in [-0.1, -0.05) is 6.07 Å². The Bertz CT molecular complexity index is 1950. The summed E-state index contributed by atoms with van der Waals surface area (Å²) in [7, 11) is 5.57. The van der Waals surface area contributed by atoms with Crippen LogP contribution < -0.4 is 44.5 Å². The van der Waals surface area contributed by atoms with Crippen LogP contribution in [-0.4, -0.2) is 89.3 Å². The zero-order chi connectivity index (χ0) is 35.6. The van der Waals surface area contributed by atoms with Crippen molar-refractivity contribution in [2.24, 2.45) is 5.92 Å². The van der Waals surface area contributed by atoms with E-state index in [-0.39, 0.29) is 71.8 Å². The van der Waals surface area contributed by atoms with Crippen molar-refractivity contribution in [3.05, 3.63) is 54.4 Å². The number of aromatic nitrogens is 3. The van der Waals surface area contributed by atoms with Gasteiger partial charge in [0, 0.05) is 67.2 Å². The predicted octanol–water partition coefficient (Wildman–Crippen LogP) is 2.49. The number of ether oxygens (including phenoxy) is 1. The summed E-state index contributed by atoms with van der Waals surface area (Å²) in [6.07, 6.45) is 7.52. The van der Waals surface area contributed by atoms with Crippen molar-refractivity contribution in [3.63, 3.8) is 0 Å². The van der Waals surface area contributed by atoms with Crippen LogP contribution in [0.1, 0.15) is 67.4 Å². The minimum atomic E-state index is -2.80. The number of halogens is 2. The Balaban J connectivity index is 0.00000122. The second-order valence-corrected chi connectivity index (χ2v) is 13.1. The van der Waals surface area contributed by atoms with Gasteiger partial charge in [0.1, 0.15) is 11.3 Å². The number of rotatable bonds is 8. The molecule has 1 saturated carbocycles. The van der Waals surface area contributed by atoms with Gasteiger partial charge >= 0.3 is 41.6 Å². The zero-order valence-electron chi connectivity index (χ0n) is 28.7. The van der Waals surface area contributed by atoms with Crippen LogP contribution in [0.25, 0.3) is 21.8 Å². The molecule has 0 unspecified atom stereocenters. The minimum Gasteiger partial charge on any atom is -0.496 e. The Hall–Kier alpha value is -3.97. The molecule has 12 nitrogen and oxygen atoms in total. The number of nitriles is 1. The number of fused-ring (bicyclic) bond motifs is 2. The first-order valence-corrected chi connectivity index (χ1v) is 16.7. The molecule has 2 N–H and O–H groups in total. The van der Waals surface area contributed by atoms with E-state index in [1.807, 2.05) is 35.4 Å². The van der Waals surface area contributed by atoms with Gasteiger partial charge in [-0.25, -0.2) is 18.4 Å². The van der Waals surface area contributed by atoms with Gasteiger partial charge in [-0.05, 0) is 62.8 Å². The number of carboxylic acids is 1. The maximum absolute atomic E-state index is 15.7. The number of amides is 3. The topological polar surface area (TPSA) is 146 Å². The van der Waals surface area contributed by atoms with Gasteiger partial charge in [0.25, 0.3) is 5.92 Å². The van der Waals surface area contributed by atoms with E-state index in [1.54, 1.807) is 27.9 Å². The molecule has 4 heterocycles. The fraction of sp³-hybridized carbons (Fsp3) is 0.457. The summed E-state index contributed by atoms with van der Waals surface area (Å²) in [5, 5.41) is 25.2. The van der Waals surface area contributed by atoms with Gasteiger partial charge in [0.15, 0.2) is 0 Å². The Kier molecular flexibility index (Phi) is 12.1. The molecular formula is C35H38BF2N7NaO5. The Morgan fingerprint density at radius 3 is 2.45 bits per heavy atom. The van der Waals surface area contributed by atoms with Crippen LogP contribution in [0.15, 0.2) is 48.8 Å². The van der Waals surface area contributed by atoms with Crippen LogP contribution in [-0.2, 0) is 4.79 Å². The molecule has 0 atom stereocenters. The molecule has 3 aliphatic rings. The average molecular weight is 709 g/mol. The van der Waals surface area contributed by atoms with Crippen molar-refractivity contribution >= 4 is 53.2 Å². The number of alkyl halides is 2. The van der Waals surface area contributed by atoms with Crippen LogP contribution in [0.2, 0.25) is 0 Å². The third-order valence-electron chi connectivity index (χ3n) is 10.2. The van der Waals surface area contributed by atoms with Gasteiger partial charge in [0.05, 0.1) is 36.4 Å². The molecule has 1 aliphatic carbocycles. The number of anilines is 1. The molecule has 2 saturated heterocycles. The first-order chi connectivity index (χ1) is 24.0. The molecule has 3 amide bonds. The van der Waals surface area contributed by atoms with Gasteiger partial charge < -0.3 is 22.3 Å². The summed E-state index contributed by atoms with van der Waals surface area (Å²) in [5.74, 6) is -3.37. The van der Waals surface area contributed by atoms with Crippen LogP contribution >= 0.6 is 0 Å². The summed E-state index contributed by atoms with van der Waals surface area (Å²) in [6, 6.07) is 10.7. The van der Waals surface area contributed by atoms with E-state index in [0.717, 1.165) is 29.4 Å². The number of nitrogens with zero attached hydrogens (tertiary/aromatic N) is 6. The number of hydrogen-bond acceptors (Lipinski definition) is 7. The van der Waals surface area contributed by atoms with E-state index in [4.69, 9.17) is 10.00 Å². The molecule has 7 rings (SSSR count). The number of nitrogens with one attached hydrogen (secondary N) is 1. The Morgan fingerprint density at radius 2 is 1.80 bits per heavy atom. The molecule has 261 valence electrons. The second-order valence-electron chi connectivity index (χ2n) is 13.1. The Labute approximate surface area is 317 Å². The number of imide groups is 1. The molecule has 4 aromatic rings. The summed E-state index contributed by atoms with van der Waals surface area (Å²) in [5.41, 5.74) is 2.42. The number of methoxy groups -OCH3 is 1. The zero-order valence-corrected chi connectivity index (χ0v) is 30.7. The van der Waals surface area contributed by atoms with E-state index < -0.39 is 23.8 Å². The number of hydrogen-bond donors (Lipinski definition) is 2. The predicted molar refractivity (Wildman–Crippen MR) is 183 cm³/mol. The number of aromatic carboxylic acids is 1. The smallest absolute Gasteiger partial charge is 0.496 e. The van der Waals surface area contributed by atoms with Gasteiger partial charge in [-0.3, -0.25) is 35.8 Å². The number of carboxylic acid groups (broad SMARTS) is 1. The molecule has 51 heavy (non-hydrogen) atoms. The summed E-state index contributed by atoms with van der Waals surface area (Å²) >= 11 is 0. The molecule has 3 fully saturated rings. The summed E-state index contributed by atoms with van der Waals surface area (Å²) < 4.78 is 40.5. The molecule has 3 radical (unpaired) electrons. The van der Waals surface area contributed by atoms with Crippen molar-refractivity contribution in [1.82, 2.24) is 24.6 Å². The maximum Gasteiger partial charge on any atom is 1.00 e. The quantitative estimate of drug-likeness (QED) is 0.266. The molecule has 0 spiro atoms. The van der Waals surface area contributed by atoms with Crippen LogP contribution in [0.5, 0.6) is 5.75 Å². The third kappa shape index (κ3) is 8.09. The molecule has 2 aromatic carbocycles. The number of carbonyl (C=O) groups excluding carboxylic acids is 2. The fourth-order valence-corrected chi connectivity index (χ4v) is 7.66. The molecule has 0 bridgehead atoms. The van der Waals surface area contributed by atoms with Gasteiger partial charge in [-0.2, -0.15) is 5.10 Å². The standard InChI is InChI=1S/C34H38F2N6O5.CBN.Na/c1-47-30-18-27-21(17-26(30)32(44)45)19-42(38-27)24-7-5-22(6-8-24)34(35,36)20-39-13-9-23(10-14-39)40-15-11-25-28(40)3-2-4-29(25)41-16-12-31(43)37-33(41)46;2-1-3;/h2-4,11,15,17-19,22-24H,5-10,12-14,16,20H2,1H3,(H,44,45)(H,37,43,46);;/q;-1;+1. The van der Waals surface area contributed by atoms with E-state index in [0.29, 0.717) is 56.2 Å². The minimum absolute atomic E-state index is 0. The normalized spacial score (nSPS) is 20.3. The van der Waals surface area contributed by atoms with E-state index in [1.165, 1.54) is 13.1 Å². The van der Waals surface area contributed by atoms with E-state index in [9.17, 15) is 19.5 Å². The SMILES string of the molecule is COc1cc2nn(C3CCC(C(F)(F)CN4CCC(n5ccc6c(N7CCC(=O)NC7=O)cccc65)CC4)CC3)cc2cc1C(=O)O.[B-]C#N.[Na+]. The third-order valence-corrected chi connectivity index (χ3v) is 10.2. The molecule has 2 aromatic heterocycles. The van der Waals surface area contributed by atoms with Crippen LogP contribution in [0, 0.1) is 17.1 Å².